The van der Waals surface area contributed by atoms with Gasteiger partial charge in [-0.2, -0.15) is 0 Å². The minimum Gasteiger partial charge on any atom is 0 e. The molecule has 0 fully saturated rings. The largest absolute Gasteiger partial charge is 0 e. The van der Waals surface area contributed by atoms with Gasteiger partial charge in [-0.15, -0.1) is 0 Å². The molecule has 5 radical (unpaired) electrons. The summed E-state index contributed by atoms with van der Waals surface area (Å²) in [6, 6.07) is 0. The fourth-order valence-corrected chi connectivity index (χ4v) is 0. The monoisotopic (exact) mass is 253 g/mol. The van der Waals surface area contributed by atoms with Crippen molar-refractivity contribution in [1.82, 2.24) is 0 Å². The van der Waals surface area contributed by atoms with Crippen molar-refractivity contribution in [2.45, 2.75) is 0 Å². The van der Waals surface area contributed by atoms with Crippen molar-refractivity contribution in [3.05, 3.63) is 0 Å². The fraction of sp³-hybridized carbons (Fsp3) is 0. The van der Waals surface area contributed by atoms with Gasteiger partial charge in [0.05, 0.1) is 0 Å². The Morgan fingerprint density at radius 2 is 1.00 bits per heavy atom. The summed E-state index contributed by atoms with van der Waals surface area (Å²) in [7, 11) is 0. The van der Waals surface area contributed by atoms with Gasteiger partial charge < -0.3 is 0 Å². The van der Waals surface area contributed by atoms with Crippen molar-refractivity contribution in [2.24, 2.45) is 0 Å². The average molecular weight is 253 g/mol. The second kappa shape index (κ2) is 16.3. The van der Waals surface area contributed by atoms with Crippen molar-refractivity contribution in [3.63, 3.8) is 0 Å². The van der Waals surface area contributed by atoms with Crippen LogP contribution in [0.3, 0.4) is 0 Å². The van der Waals surface area contributed by atoms with E-state index < -0.39 is 0 Å². The molecule has 0 aliphatic carbocycles. The quantitative estimate of drug-likeness (QED) is 0.521. The maximum Gasteiger partial charge on any atom is 0 e. The summed E-state index contributed by atoms with van der Waals surface area (Å²) in [6.07, 6.45) is 0. The van der Waals surface area contributed by atoms with Crippen molar-refractivity contribution in [3.8, 4) is 0 Å². The SMILES string of the molecule is [Co].[K].[La].[O]. The molecule has 1 nitrogen and oxygen atoms in total. The summed E-state index contributed by atoms with van der Waals surface area (Å²) in [5, 5.41) is 0. The van der Waals surface area contributed by atoms with Crippen LogP contribution in [0.2, 0.25) is 0 Å². The molecule has 0 atom stereocenters. The molecule has 4 heteroatoms. The van der Waals surface area contributed by atoms with Crippen LogP contribution in [0, 0.1) is 35.6 Å². The van der Waals surface area contributed by atoms with Crippen LogP contribution < -0.4 is 0 Å². The summed E-state index contributed by atoms with van der Waals surface area (Å²) in [5.41, 5.74) is 0. The molecule has 0 heterocycles. The van der Waals surface area contributed by atoms with Crippen LogP contribution in [0.15, 0.2) is 0 Å². The first kappa shape index (κ1) is 26.6. The van der Waals surface area contributed by atoms with Gasteiger partial charge in [-0.3, -0.25) is 0 Å². The van der Waals surface area contributed by atoms with E-state index in [1.807, 2.05) is 0 Å². The molecule has 19 valence electrons. The number of rotatable bonds is 0. The van der Waals surface area contributed by atoms with Gasteiger partial charge in [-0.05, 0) is 0 Å². The maximum atomic E-state index is 0. The molecular formula is CoKLaO. The van der Waals surface area contributed by atoms with E-state index in [0.717, 1.165) is 0 Å². The van der Waals surface area contributed by atoms with Crippen LogP contribution in [0.1, 0.15) is 0 Å². The summed E-state index contributed by atoms with van der Waals surface area (Å²) in [4.78, 5) is 0. The van der Waals surface area contributed by atoms with Gasteiger partial charge in [0.2, 0.25) is 0 Å². The third-order valence-corrected chi connectivity index (χ3v) is 0. The zero-order valence-electron chi connectivity index (χ0n) is 2.32. The molecule has 0 bridgehead atoms. The van der Waals surface area contributed by atoms with Crippen LogP contribution in [0.25, 0.3) is 0 Å². The van der Waals surface area contributed by atoms with Gasteiger partial charge in [-0.1, -0.05) is 0 Å². The molecule has 0 aliphatic rings. The van der Waals surface area contributed by atoms with Crippen molar-refractivity contribution < 1.29 is 57.9 Å². The Morgan fingerprint density at radius 3 is 1.00 bits per heavy atom. The summed E-state index contributed by atoms with van der Waals surface area (Å²) >= 11 is 0. The minimum atomic E-state index is 0. The summed E-state index contributed by atoms with van der Waals surface area (Å²) in [5.74, 6) is 0. The zero-order chi connectivity index (χ0) is 0. The topological polar surface area (TPSA) is 28.5 Å². The maximum absolute atomic E-state index is 0. The van der Waals surface area contributed by atoms with Crippen LogP contribution in [-0.4, -0.2) is 51.4 Å². The van der Waals surface area contributed by atoms with Gasteiger partial charge in [0.25, 0.3) is 0 Å². The molecule has 4 heavy (non-hydrogen) atoms. The molecule has 0 saturated heterocycles. The summed E-state index contributed by atoms with van der Waals surface area (Å²) < 4.78 is 0. The van der Waals surface area contributed by atoms with Crippen LogP contribution in [0.5, 0.6) is 0 Å². The Morgan fingerprint density at radius 1 is 1.00 bits per heavy atom. The normalized spacial score (nSPS) is 0. The van der Waals surface area contributed by atoms with E-state index in [2.05, 4.69) is 0 Å². The average Bonchev–Trinajstić information content (AvgIpc) is 0. The van der Waals surface area contributed by atoms with E-state index in [1.165, 1.54) is 0 Å². The Balaban J connectivity index is 0. The molecule has 0 saturated carbocycles. The van der Waals surface area contributed by atoms with E-state index >= 15 is 0 Å². The van der Waals surface area contributed by atoms with E-state index in [9.17, 15) is 0 Å². The van der Waals surface area contributed by atoms with Gasteiger partial charge in [0.15, 0.2) is 0 Å². The molecule has 0 aromatic heterocycles. The first-order valence-electron chi connectivity index (χ1n) is 0. The number of hydrogen-bond acceptors (Lipinski definition) is 0. The predicted molar refractivity (Wildman–Crippen MR) is 6.44 cm³/mol. The van der Waals surface area contributed by atoms with Crippen LogP contribution in [-0.2, 0) is 22.3 Å². The van der Waals surface area contributed by atoms with Crippen LogP contribution in [0.4, 0.5) is 0 Å². The molecule has 0 aromatic carbocycles. The molecule has 0 amide bonds. The van der Waals surface area contributed by atoms with Gasteiger partial charge >= 0.3 is 0 Å². The number of hydrogen-bond donors (Lipinski definition) is 0. The van der Waals surface area contributed by atoms with Gasteiger partial charge in [-0.25, -0.2) is 0 Å². The Labute approximate surface area is 106 Å². The first-order chi connectivity index (χ1) is 0. The van der Waals surface area contributed by atoms with E-state index in [4.69, 9.17) is 0 Å². The van der Waals surface area contributed by atoms with E-state index in [0.29, 0.717) is 0 Å². The minimum absolute atomic E-state index is 0. The van der Waals surface area contributed by atoms with E-state index in [-0.39, 0.29) is 109 Å². The van der Waals surface area contributed by atoms with Crippen molar-refractivity contribution in [2.75, 3.05) is 0 Å². The molecule has 0 unspecified atom stereocenters. The molecule has 0 aliphatic heterocycles. The summed E-state index contributed by atoms with van der Waals surface area (Å²) in [6.45, 7) is 0. The molecular weight excluding hydrogens is 253 g/mol. The second-order valence-corrected chi connectivity index (χ2v) is 0. The Kier molecular flexibility index (Phi) is 108. The van der Waals surface area contributed by atoms with Gasteiger partial charge in [0.1, 0.15) is 0 Å². The van der Waals surface area contributed by atoms with Gasteiger partial charge in [0, 0.05) is 109 Å². The smallest absolute Gasteiger partial charge is 0 e. The third kappa shape index (κ3) is 9.00. The molecule has 0 aromatic rings. The van der Waals surface area contributed by atoms with Crippen molar-refractivity contribution >= 4 is 51.4 Å². The Bertz CT molecular complexity index is 8.00. The fourth-order valence-electron chi connectivity index (χ4n) is 0. The van der Waals surface area contributed by atoms with E-state index in [1.54, 1.807) is 0 Å². The van der Waals surface area contributed by atoms with Crippen molar-refractivity contribution in [1.29, 1.82) is 0 Å². The third-order valence-electron chi connectivity index (χ3n) is 0. The zero-order valence-corrected chi connectivity index (χ0v) is 10.1. The predicted octanol–water partition coefficient (Wildman–Crippen LogP) is -0.502. The molecule has 0 rings (SSSR count). The Hall–Kier alpha value is 3.30. The first-order valence-corrected chi connectivity index (χ1v) is 0. The molecule has 0 spiro atoms. The standard InChI is InChI=1S/Co.K.La.O. The molecule has 0 N–H and O–H groups in total. The van der Waals surface area contributed by atoms with Crippen LogP contribution >= 0.6 is 0 Å². The second-order valence-electron chi connectivity index (χ2n) is 0.